The zero-order valence-electron chi connectivity index (χ0n) is 9.09. The maximum absolute atomic E-state index is 3.57. The highest BCUT2D eigenvalue weighted by molar-refractivity contribution is 9.10. The minimum absolute atomic E-state index is 0.514. The van der Waals surface area contributed by atoms with E-state index in [-0.39, 0.29) is 0 Å². The summed E-state index contributed by atoms with van der Waals surface area (Å²) in [4.78, 5) is 3.51. The van der Waals surface area contributed by atoms with Crippen molar-refractivity contribution in [3.05, 3.63) is 34.4 Å². The van der Waals surface area contributed by atoms with Crippen molar-refractivity contribution in [2.24, 2.45) is 0 Å². The molecule has 84 valence electrons. The summed E-state index contributed by atoms with van der Waals surface area (Å²) in [7, 11) is 0. The van der Waals surface area contributed by atoms with Gasteiger partial charge in [-0.1, -0.05) is 28.4 Å². The van der Waals surface area contributed by atoms with Crippen LogP contribution in [0.3, 0.4) is 0 Å². The third-order valence-electron chi connectivity index (χ3n) is 3.29. The Bertz CT molecular complexity index is 498. The Kier molecular flexibility index (Phi) is 2.74. The fourth-order valence-corrected chi connectivity index (χ4v) is 2.79. The highest BCUT2D eigenvalue weighted by Crippen LogP contribution is 2.27. The predicted molar refractivity (Wildman–Crippen MR) is 70.6 cm³/mol. The van der Waals surface area contributed by atoms with Gasteiger partial charge in [-0.05, 0) is 43.0 Å². The van der Waals surface area contributed by atoms with Crippen molar-refractivity contribution in [3.8, 4) is 0 Å². The number of piperidine rings is 1. The van der Waals surface area contributed by atoms with Crippen molar-refractivity contribution in [2.45, 2.75) is 25.3 Å². The van der Waals surface area contributed by atoms with Crippen LogP contribution in [0, 0.1) is 0 Å². The lowest BCUT2D eigenvalue weighted by molar-refractivity contribution is 0.407. The molecule has 3 rings (SSSR count). The second-order valence-corrected chi connectivity index (χ2v) is 5.37. The van der Waals surface area contributed by atoms with Crippen LogP contribution in [0.15, 0.2) is 28.7 Å². The number of halogens is 1. The Morgan fingerprint density at radius 3 is 2.94 bits per heavy atom. The SMILES string of the molecule is Brc1ccc2cc(C3CCCCN3)[nH]c2c1. The number of aromatic amines is 1. The topological polar surface area (TPSA) is 27.8 Å². The van der Waals surface area contributed by atoms with Gasteiger partial charge in [-0.15, -0.1) is 0 Å². The average Bonchev–Trinajstić information content (AvgIpc) is 2.73. The Labute approximate surface area is 104 Å². The Hall–Kier alpha value is -0.800. The molecule has 0 aliphatic carbocycles. The van der Waals surface area contributed by atoms with Crippen molar-refractivity contribution in [2.75, 3.05) is 6.54 Å². The molecule has 2 N–H and O–H groups in total. The van der Waals surface area contributed by atoms with Gasteiger partial charge in [-0.3, -0.25) is 0 Å². The van der Waals surface area contributed by atoms with Crippen LogP contribution < -0.4 is 5.32 Å². The van der Waals surface area contributed by atoms with Gasteiger partial charge in [0.1, 0.15) is 0 Å². The van der Waals surface area contributed by atoms with Crippen molar-refractivity contribution < 1.29 is 0 Å². The van der Waals surface area contributed by atoms with E-state index in [1.54, 1.807) is 0 Å². The lowest BCUT2D eigenvalue weighted by atomic mass is 10.0. The van der Waals surface area contributed by atoms with Crippen molar-refractivity contribution in [3.63, 3.8) is 0 Å². The van der Waals surface area contributed by atoms with E-state index in [2.05, 4.69) is 50.5 Å². The average molecular weight is 279 g/mol. The number of hydrogen-bond donors (Lipinski definition) is 2. The van der Waals surface area contributed by atoms with Crippen LogP contribution in [-0.2, 0) is 0 Å². The summed E-state index contributed by atoms with van der Waals surface area (Å²) < 4.78 is 1.13. The number of nitrogens with one attached hydrogen (secondary N) is 2. The molecule has 2 aromatic rings. The second-order valence-electron chi connectivity index (χ2n) is 4.46. The molecular weight excluding hydrogens is 264 g/mol. The van der Waals surface area contributed by atoms with E-state index in [9.17, 15) is 0 Å². The molecule has 1 fully saturated rings. The molecule has 0 bridgehead atoms. The van der Waals surface area contributed by atoms with Gasteiger partial charge in [0.05, 0.1) is 0 Å². The first-order valence-electron chi connectivity index (χ1n) is 5.84. The predicted octanol–water partition coefficient (Wildman–Crippen LogP) is 3.75. The fraction of sp³-hybridized carbons (Fsp3) is 0.385. The van der Waals surface area contributed by atoms with Gasteiger partial charge in [0.25, 0.3) is 0 Å². The van der Waals surface area contributed by atoms with E-state index >= 15 is 0 Å². The first kappa shape index (κ1) is 10.4. The molecule has 1 saturated heterocycles. The lowest BCUT2D eigenvalue weighted by Gasteiger charge is -2.22. The van der Waals surface area contributed by atoms with Crippen LogP contribution in [0.5, 0.6) is 0 Å². The lowest BCUT2D eigenvalue weighted by Crippen LogP contribution is -2.26. The fourth-order valence-electron chi connectivity index (χ4n) is 2.43. The van der Waals surface area contributed by atoms with Gasteiger partial charge in [0, 0.05) is 21.7 Å². The Morgan fingerprint density at radius 2 is 2.12 bits per heavy atom. The maximum atomic E-state index is 3.57. The van der Waals surface area contributed by atoms with Crippen molar-refractivity contribution >= 4 is 26.8 Å². The number of rotatable bonds is 1. The summed E-state index contributed by atoms with van der Waals surface area (Å²) in [5.74, 6) is 0. The second kappa shape index (κ2) is 4.22. The minimum Gasteiger partial charge on any atom is -0.357 e. The van der Waals surface area contributed by atoms with E-state index in [0.29, 0.717) is 6.04 Å². The zero-order chi connectivity index (χ0) is 11.0. The summed E-state index contributed by atoms with van der Waals surface area (Å²) >= 11 is 3.50. The molecular formula is C13H15BrN2. The molecule has 16 heavy (non-hydrogen) atoms. The van der Waals surface area contributed by atoms with Crippen molar-refractivity contribution in [1.82, 2.24) is 10.3 Å². The summed E-state index contributed by atoms with van der Waals surface area (Å²) in [5.41, 5.74) is 2.55. The molecule has 1 aromatic heterocycles. The van der Waals surface area contributed by atoms with E-state index in [1.165, 1.54) is 35.9 Å². The van der Waals surface area contributed by atoms with Gasteiger partial charge < -0.3 is 10.3 Å². The molecule has 1 aliphatic rings. The van der Waals surface area contributed by atoms with Gasteiger partial charge in [-0.2, -0.15) is 0 Å². The van der Waals surface area contributed by atoms with Crippen LogP contribution in [0.1, 0.15) is 31.0 Å². The van der Waals surface area contributed by atoms with Crippen LogP contribution in [-0.4, -0.2) is 11.5 Å². The van der Waals surface area contributed by atoms with Crippen LogP contribution in [0.25, 0.3) is 10.9 Å². The van der Waals surface area contributed by atoms with Crippen LogP contribution >= 0.6 is 15.9 Å². The standard InChI is InChI=1S/C13H15BrN2/c14-10-5-4-9-7-13(16-12(9)8-10)11-3-1-2-6-15-11/h4-5,7-8,11,15-16H,1-3,6H2. The van der Waals surface area contributed by atoms with Crippen LogP contribution in [0.2, 0.25) is 0 Å². The van der Waals surface area contributed by atoms with E-state index in [0.717, 1.165) is 11.0 Å². The number of aromatic nitrogens is 1. The summed E-state index contributed by atoms with van der Waals surface area (Å²) in [6.07, 6.45) is 3.88. The molecule has 1 aromatic carbocycles. The number of H-pyrrole nitrogens is 1. The Balaban J connectivity index is 1.97. The molecule has 3 heteroatoms. The molecule has 1 unspecified atom stereocenters. The molecule has 0 spiro atoms. The summed E-state index contributed by atoms with van der Waals surface area (Å²) in [6.45, 7) is 1.14. The third kappa shape index (κ3) is 1.89. The molecule has 1 atom stereocenters. The van der Waals surface area contributed by atoms with E-state index < -0.39 is 0 Å². The van der Waals surface area contributed by atoms with Gasteiger partial charge in [0.2, 0.25) is 0 Å². The highest BCUT2D eigenvalue weighted by Gasteiger charge is 2.16. The van der Waals surface area contributed by atoms with Crippen LogP contribution in [0.4, 0.5) is 0 Å². The maximum Gasteiger partial charge on any atom is 0.0473 e. The molecule has 2 nitrogen and oxygen atoms in total. The van der Waals surface area contributed by atoms with Crippen molar-refractivity contribution in [1.29, 1.82) is 0 Å². The quantitative estimate of drug-likeness (QED) is 0.817. The zero-order valence-corrected chi connectivity index (χ0v) is 10.7. The molecule has 2 heterocycles. The smallest absolute Gasteiger partial charge is 0.0473 e. The largest absolute Gasteiger partial charge is 0.357 e. The first-order valence-corrected chi connectivity index (χ1v) is 6.64. The van der Waals surface area contributed by atoms with E-state index in [1.807, 2.05) is 0 Å². The summed E-state index contributed by atoms with van der Waals surface area (Å²) in [6, 6.07) is 9.17. The number of hydrogen-bond acceptors (Lipinski definition) is 1. The third-order valence-corrected chi connectivity index (χ3v) is 3.78. The number of fused-ring (bicyclic) bond motifs is 1. The van der Waals surface area contributed by atoms with Gasteiger partial charge in [-0.25, -0.2) is 0 Å². The first-order chi connectivity index (χ1) is 7.83. The Morgan fingerprint density at radius 1 is 1.19 bits per heavy atom. The molecule has 0 amide bonds. The monoisotopic (exact) mass is 278 g/mol. The molecule has 0 radical (unpaired) electrons. The normalized spacial score (nSPS) is 21.4. The molecule has 1 aliphatic heterocycles. The highest BCUT2D eigenvalue weighted by atomic mass is 79.9. The summed E-state index contributed by atoms with van der Waals surface area (Å²) in [5, 5.41) is 4.86. The van der Waals surface area contributed by atoms with E-state index in [4.69, 9.17) is 0 Å². The van der Waals surface area contributed by atoms with Gasteiger partial charge >= 0.3 is 0 Å². The molecule has 0 saturated carbocycles. The number of benzene rings is 1. The minimum atomic E-state index is 0.514. The van der Waals surface area contributed by atoms with Gasteiger partial charge in [0.15, 0.2) is 0 Å².